The van der Waals surface area contributed by atoms with Crippen LogP contribution >= 0.6 is 22.9 Å². The van der Waals surface area contributed by atoms with Gasteiger partial charge in [0.2, 0.25) is 5.91 Å². The van der Waals surface area contributed by atoms with Crippen LogP contribution in [-0.4, -0.2) is 24.4 Å². The molecule has 0 saturated heterocycles. The number of nitrogens with zero attached hydrogens (tertiary/aromatic N) is 1. The summed E-state index contributed by atoms with van der Waals surface area (Å²) in [6.45, 7) is 0.365. The Morgan fingerprint density at radius 1 is 1.67 bits per heavy atom. The average Bonchev–Trinajstić information content (AvgIpc) is 2.61. The molecule has 0 atom stereocenters. The van der Waals surface area contributed by atoms with Crippen LogP contribution in [0, 0.1) is 12.3 Å². The van der Waals surface area contributed by atoms with Gasteiger partial charge in [0, 0.05) is 18.3 Å². The molecule has 15 heavy (non-hydrogen) atoms. The van der Waals surface area contributed by atoms with Crippen molar-refractivity contribution in [2.75, 3.05) is 13.6 Å². The van der Waals surface area contributed by atoms with Crippen LogP contribution in [0.1, 0.15) is 11.3 Å². The Kier molecular flexibility index (Phi) is 4.67. The number of aryl methyl sites for hydroxylation is 1. The number of hydrogen-bond donors (Lipinski definition) is 0. The lowest BCUT2D eigenvalue weighted by Gasteiger charge is -2.12. The monoisotopic (exact) mass is 241 g/mol. The topological polar surface area (TPSA) is 20.3 Å². The van der Waals surface area contributed by atoms with E-state index < -0.39 is 0 Å². The van der Waals surface area contributed by atoms with Crippen molar-refractivity contribution in [2.45, 2.75) is 12.8 Å². The van der Waals surface area contributed by atoms with Gasteiger partial charge in [0.05, 0.1) is 10.9 Å². The largest absolute Gasteiger partial charge is 0.335 e. The highest BCUT2D eigenvalue weighted by Crippen LogP contribution is 2.22. The maximum absolute atomic E-state index is 11.5. The Hall–Kier alpha value is -0.980. The fourth-order valence-corrected chi connectivity index (χ4v) is 2.22. The first-order valence-electron chi connectivity index (χ1n) is 4.55. The van der Waals surface area contributed by atoms with E-state index in [1.807, 2.05) is 12.1 Å². The zero-order chi connectivity index (χ0) is 11.3. The summed E-state index contributed by atoms with van der Waals surface area (Å²) >= 11 is 7.29. The van der Waals surface area contributed by atoms with Gasteiger partial charge in [0.1, 0.15) is 0 Å². The highest BCUT2D eigenvalue weighted by atomic mass is 35.5. The van der Waals surface area contributed by atoms with Crippen molar-refractivity contribution < 1.29 is 4.79 Å². The van der Waals surface area contributed by atoms with Crippen molar-refractivity contribution in [3.63, 3.8) is 0 Å². The van der Waals surface area contributed by atoms with Gasteiger partial charge >= 0.3 is 0 Å². The van der Waals surface area contributed by atoms with Crippen LogP contribution in [-0.2, 0) is 11.2 Å². The van der Waals surface area contributed by atoms with Crippen LogP contribution in [0.4, 0.5) is 0 Å². The maximum Gasteiger partial charge on any atom is 0.223 e. The Labute approximate surface area is 98.9 Å². The average molecular weight is 242 g/mol. The summed E-state index contributed by atoms with van der Waals surface area (Å²) in [6, 6.07) is 3.79. The van der Waals surface area contributed by atoms with Crippen molar-refractivity contribution >= 4 is 28.8 Å². The van der Waals surface area contributed by atoms with E-state index in [4.69, 9.17) is 18.0 Å². The summed E-state index contributed by atoms with van der Waals surface area (Å²) in [7, 11) is 1.71. The first kappa shape index (κ1) is 12.1. The minimum atomic E-state index is 0.0671. The molecule has 0 fully saturated rings. The summed E-state index contributed by atoms with van der Waals surface area (Å²) in [6.07, 6.45) is 6.33. The standard InChI is InChI=1S/C11H12ClNOS/c1-3-8-13(2)11(14)7-5-9-4-6-10(12)15-9/h1,4,6H,5,7-8H2,2H3. The first-order chi connectivity index (χ1) is 7.13. The van der Waals surface area contributed by atoms with Crippen LogP contribution < -0.4 is 0 Å². The van der Waals surface area contributed by atoms with Crippen molar-refractivity contribution in [1.29, 1.82) is 0 Å². The van der Waals surface area contributed by atoms with Gasteiger partial charge in [-0.1, -0.05) is 17.5 Å². The summed E-state index contributed by atoms with van der Waals surface area (Å²) in [5.41, 5.74) is 0. The molecule has 0 aliphatic rings. The number of amides is 1. The second-order valence-electron chi connectivity index (χ2n) is 3.16. The minimum Gasteiger partial charge on any atom is -0.335 e. The fourth-order valence-electron chi connectivity index (χ4n) is 1.13. The molecule has 1 aromatic heterocycles. The number of halogens is 1. The lowest BCUT2D eigenvalue weighted by atomic mass is 10.2. The summed E-state index contributed by atoms with van der Waals surface area (Å²) < 4.78 is 0.759. The quantitative estimate of drug-likeness (QED) is 0.742. The summed E-state index contributed by atoms with van der Waals surface area (Å²) in [5.74, 6) is 2.50. The molecule has 0 unspecified atom stereocenters. The van der Waals surface area contributed by atoms with E-state index in [0.29, 0.717) is 13.0 Å². The zero-order valence-corrected chi connectivity index (χ0v) is 10.1. The molecule has 0 radical (unpaired) electrons. The first-order valence-corrected chi connectivity index (χ1v) is 5.74. The Morgan fingerprint density at radius 3 is 2.93 bits per heavy atom. The SMILES string of the molecule is C#CCN(C)C(=O)CCc1ccc(Cl)s1. The predicted molar refractivity (Wildman–Crippen MR) is 64.1 cm³/mol. The molecule has 80 valence electrons. The van der Waals surface area contributed by atoms with Crippen molar-refractivity contribution in [3.8, 4) is 12.3 Å². The molecule has 0 aliphatic heterocycles. The normalized spacial score (nSPS) is 9.67. The van der Waals surface area contributed by atoms with Crippen LogP contribution in [0.5, 0.6) is 0 Å². The highest BCUT2D eigenvalue weighted by Gasteiger charge is 2.08. The second-order valence-corrected chi connectivity index (χ2v) is 4.96. The molecule has 0 N–H and O–H groups in total. The van der Waals surface area contributed by atoms with Crippen LogP contribution in [0.25, 0.3) is 0 Å². The number of thiophene rings is 1. The van der Waals surface area contributed by atoms with Gasteiger partial charge in [-0.25, -0.2) is 0 Å². The molecule has 1 aromatic rings. The molecule has 0 aromatic carbocycles. The lowest BCUT2D eigenvalue weighted by Crippen LogP contribution is -2.26. The smallest absolute Gasteiger partial charge is 0.223 e. The number of terminal acetylenes is 1. The molecule has 1 rings (SSSR count). The molecule has 1 amide bonds. The van der Waals surface area contributed by atoms with E-state index in [1.165, 1.54) is 11.3 Å². The van der Waals surface area contributed by atoms with Gasteiger partial charge in [-0.3, -0.25) is 4.79 Å². The second kappa shape index (κ2) is 5.79. The third kappa shape index (κ3) is 3.94. The van der Waals surface area contributed by atoms with Gasteiger partial charge in [-0.05, 0) is 18.6 Å². The van der Waals surface area contributed by atoms with E-state index in [-0.39, 0.29) is 5.91 Å². The molecule has 0 spiro atoms. The Morgan fingerprint density at radius 2 is 2.40 bits per heavy atom. The minimum absolute atomic E-state index is 0.0671. The van der Waals surface area contributed by atoms with Crippen LogP contribution in [0.3, 0.4) is 0 Å². The third-order valence-electron chi connectivity index (χ3n) is 1.97. The van der Waals surface area contributed by atoms with Crippen molar-refractivity contribution in [1.82, 2.24) is 4.90 Å². The predicted octanol–water partition coefficient (Wildman–Crippen LogP) is 2.43. The number of carbonyl (C=O) groups is 1. The maximum atomic E-state index is 11.5. The van der Waals surface area contributed by atoms with Gasteiger partial charge < -0.3 is 4.90 Å². The number of carbonyl (C=O) groups excluding carboxylic acids is 1. The van der Waals surface area contributed by atoms with E-state index in [0.717, 1.165) is 15.6 Å². The number of rotatable bonds is 4. The van der Waals surface area contributed by atoms with Gasteiger partial charge in [0.15, 0.2) is 0 Å². The molecule has 0 saturated carbocycles. The Bertz CT molecular complexity index is 380. The molecular weight excluding hydrogens is 230 g/mol. The fraction of sp³-hybridized carbons (Fsp3) is 0.364. The molecule has 0 aliphatic carbocycles. The molecule has 0 bridgehead atoms. The van der Waals surface area contributed by atoms with Gasteiger partial charge in [-0.15, -0.1) is 17.8 Å². The van der Waals surface area contributed by atoms with Gasteiger partial charge in [-0.2, -0.15) is 0 Å². The highest BCUT2D eigenvalue weighted by molar-refractivity contribution is 7.16. The molecular formula is C11H12ClNOS. The lowest BCUT2D eigenvalue weighted by molar-refractivity contribution is -0.129. The van der Waals surface area contributed by atoms with Crippen molar-refractivity contribution in [3.05, 3.63) is 21.3 Å². The Balaban J connectivity index is 2.38. The van der Waals surface area contributed by atoms with Gasteiger partial charge in [0.25, 0.3) is 0 Å². The van der Waals surface area contributed by atoms with E-state index in [2.05, 4.69) is 5.92 Å². The van der Waals surface area contributed by atoms with E-state index >= 15 is 0 Å². The number of hydrogen-bond acceptors (Lipinski definition) is 2. The molecule has 2 nitrogen and oxygen atoms in total. The summed E-state index contributed by atoms with van der Waals surface area (Å²) in [4.78, 5) is 14.2. The molecule has 1 heterocycles. The van der Waals surface area contributed by atoms with Crippen molar-refractivity contribution in [2.24, 2.45) is 0 Å². The van der Waals surface area contributed by atoms with E-state index in [9.17, 15) is 4.79 Å². The summed E-state index contributed by atoms with van der Waals surface area (Å²) in [5, 5.41) is 0. The molecule has 4 heteroatoms. The van der Waals surface area contributed by atoms with Crippen LogP contribution in [0.2, 0.25) is 4.34 Å². The third-order valence-corrected chi connectivity index (χ3v) is 3.26. The van der Waals surface area contributed by atoms with Crippen LogP contribution in [0.15, 0.2) is 12.1 Å². The van der Waals surface area contributed by atoms with E-state index in [1.54, 1.807) is 11.9 Å². The zero-order valence-electron chi connectivity index (χ0n) is 8.50.